The van der Waals surface area contributed by atoms with Crippen LogP contribution in [0, 0.1) is 0 Å². The average molecular weight is 287 g/mol. The Balaban J connectivity index is 1.64. The first-order chi connectivity index (χ1) is 10.3. The molecule has 0 spiro atoms. The minimum absolute atomic E-state index is 0.232. The topological polar surface area (TPSA) is 60.0 Å². The van der Waals surface area contributed by atoms with Crippen molar-refractivity contribution in [3.05, 3.63) is 47.5 Å². The van der Waals surface area contributed by atoms with Gasteiger partial charge in [-0.2, -0.15) is 0 Å². The number of aromatic hydroxyl groups is 1. The lowest BCUT2D eigenvalue weighted by Gasteiger charge is -2.09. The second kappa shape index (κ2) is 5.93. The third-order valence-corrected chi connectivity index (χ3v) is 3.31. The summed E-state index contributed by atoms with van der Waals surface area (Å²) in [6, 6.07) is 11.0. The number of phenols is 1. The zero-order valence-electron chi connectivity index (χ0n) is 11.8. The van der Waals surface area contributed by atoms with Crippen LogP contribution < -0.4 is 19.5 Å². The zero-order chi connectivity index (χ0) is 14.7. The van der Waals surface area contributed by atoms with Crippen LogP contribution in [-0.4, -0.2) is 19.0 Å². The van der Waals surface area contributed by atoms with Crippen LogP contribution >= 0.6 is 0 Å². The minimum Gasteiger partial charge on any atom is -0.508 e. The van der Waals surface area contributed by atoms with Gasteiger partial charge in [0.25, 0.3) is 0 Å². The highest BCUT2D eigenvalue weighted by Gasteiger charge is 2.19. The summed E-state index contributed by atoms with van der Waals surface area (Å²) in [5.74, 6) is 2.35. The fraction of sp³-hybridized carbons (Fsp3) is 0.250. The summed E-state index contributed by atoms with van der Waals surface area (Å²) in [5, 5.41) is 12.6. The molecule has 5 heteroatoms. The fourth-order valence-corrected chi connectivity index (χ4v) is 2.25. The minimum atomic E-state index is 0.232. The molecule has 21 heavy (non-hydrogen) atoms. The van der Waals surface area contributed by atoms with Crippen LogP contribution in [0.2, 0.25) is 0 Å². The summed E-state index contributed by atoms with van der Waals surface area (Å²) in [4.78, 5) is 0. The van der Waals surface area contributed by atoms with E-state index in [9.17, 15) is 5.11 Å². The maximum atomic E-state index is 9.25. The predicted octanol–water partition coefficient (Wildman–Crippen LogP) is 2.42. The van der Waals surface area contributed by atoms with Crippen LogP contribution in [0.3, 0.4) is 0 Å². The molecule has 0 atom stereocenters. The molecule has 0 aromatic heterocycles. The molecule has 1 heterocycles. The Kier molecular flexibility index (Phi) is 3.83. The van der Waals surface area contributed by atoms with Gasteiger partial charge in [-0.05, 0) is 35.4 Å². The highest BCUT2D eigenvalue weighted by Crippen LogP contribution is 2.41. The highest BCUT2D eigenvalue weighted by molar-refractivity contribution is 5.55. The van der Waals surface area contributed by atoms with Gasteiger partial charge in [-0.3, -0.25) is 0 Å². The summed E-state index contributed by atoms with van der Waals surface area (Å²) < 4.78 is 16.1. The fourth-order valence-electron chi connectivity index (χ4n) is 2.25. The maximum absolute atomic E-state index is 9.25. The van der Waals surface area contributed by atoms with E-state index in [1.807, 2.05) is 24.3 Å². The lowest BCUT2D eigenvalue weighted by molar-refractivity contribution is 0.171. The van der Waals surface area contributed by atoms with Gasteiger partial charge in [0.15, 0.2) is 11.5 Å². The summed E-state index contributed by atoms with van der Waals surface area (Å²) in [7, 11) is 1.62. The number of hydrogen-bond donors (Lipinski definition) is 2. The largest absolute Gasteiger partial charge is 0.508 e. The van der Waals surface area contributed by atoms with Crippen molar-refractivity contribution in [3.63, 3.8) is 0 Å². The van der Waals surface area contributed by atoms with Crippen LogP contribution in [0.25, 0.3) is 0 Å². The molecule has 0 radical (unpaired) electrons. The van der Waals surface area contributed by atoms with Gasteiger partial charge in [0.1, 0.15) is 5.75 Å². The predicted molar refractivity (Wildman–Crippen MR) is 77.8 cm³/mol. The van der Waals surface area contributed by atoms with Gasteiger partial charge in [-0.15, -0.1) is 0 Å². The lowest BCUT2D eigenvalue weighted by atomic mass is 10.1. The summed E-state index contributed by atoms with van der Waals surface area (Å²) in [6.45, 7) is 1.64. The molecular formula is C16H17NO4. The average Bonchev–Trinajstić information content (AvgIpc) is 2.97. The first kappa shape index (κ1) is 13.6. The van der Waals surface area contributed by atoms with E-state index in [0.29, 0.717) is 18.0 Å². The van der Waals surface area contributed by atoms with Gasteiger partial charge >= 0.3 is 0 Å². The molecule has 2 N–H and O–H groups in total. The molecule has 0 bridgehead atoms. The van der Waals surface area contributed by atoms with Crippen molar-refractivity contribution in [3.8, 4) is 23.0 Å². The summed E-state index contributed by atoms with van der Waals surface area (Å²) >= 11 is 0. The van der Waals surface area contributed by atoms with Crippen molar-refractivity contribution in [2.45, 2.75) is 13.1 Å². The van der Waals surface area contributed by atoms with Crippen LogP contribution in [-0.2, 0) is 13.1 Å². The molecule has 0 aliphatic carbocycles. The van der Waals surface area contributed by atoms with E-state index in [1.165, 1.54) is 0 Å². The Morgan fingerprint density at radius 3 is 2.62 bits per heavy atom. The number of benzene rings is 2. The Hall–Kier alpha value is -2.40. The monoisotopic (exact) mass is 287 g/mol. The van der Waals surface area contributed by atoms with Crippen LogP contribution in [0.1, 0.15) is 11.1 Å². The number of nitrogens with one attached hydrogen (secondary N) is 1. The SMILES string of the molecule is COc1cc(CNCc2ccc(O)cc2)cc2c1OCO2. The van der Waals surface area contributed by atoms with Crippen molar-refractivity contribution in [1.29, 1.82) is 0 Å². The molecule has 0 unspecified atom stereocenters. The van der Waals surface area contributed by atoms with E-state index < -0.39 is 0 Å². The Labute approximate surface area is 123 Å². The number of phenolic OH excluding ortho intramolecular Hbond substituents is 1. The van der Waals surface area contributed by atoms with Crippen molar-refractivity contribution in [1.82, 2.24) is 5.32 Å². The number of fused-ring (bicyclic) bond motifs is 1. The van der Waals surface area contributed by atoms with Crippen molar-refractivity contribution < 1.29 is 19.3 Å². The number of rotatable bonds is 5. The second-order valence-corrected chi connectivity index (χ2v) is 4.80. The molecule has 1 aliphatic heterocycles. The van der Waals surface area contributed by atoms with Crippen molar-refractivity contribution in [2.75, 3.05) is 13.9 Å². The van der Waals surface area contributed by atoms with Crippen molar-refractivity contribution in [2.24, 2.45) is 0 Å². The Morgan fingerprint density at radius 1 is 1.10 bits per heavy atom. The molecule has 2 aromatic rings. The quantitative estimate of drug-likeness (QED) is 0.884. The molecule has 3 rings (SSSR count). The Bertz CT molecular complexity index is 625. The molecule has 110 valence electrons. The Morgan fingerprint density at radius 2 is 1.86 bits per heavy atom. The lowest BCUT2D eigenvalue weighted by Crippen LogP contribution is -2.12. The van der Waals surface area contributed by atoms with Crippen LogP contribution in [0.4, 0.5) is 0 Å². The summed E-state index contributed by atoms with van der Waals surface area (Å²) in [6.07, 6.45) is 0. The molecular weight excluding hydrogens is 270 g/mol. The highest BCUT2D eigenvalue weighted by atomic mass is 16.7. The molecule has 5 nitrogen and oxygen atoms in total. The second-order valence-electron chi connectivity index (χ2n) is 4.80. The zero-order valence-corrected chi connectivity index (χ0v) is 11.8. The van der Waals surface area contributed by atoms with E-state index in [2.05, 4.69) is 5.32 Å². The molecule has 0 fully saturated rings. The van der Waals surface area contributed by atoms with E-state index in [0.717, 1.165) is 23.4 Å². The van der Waals surface area contributed by atoms with E-state index in [4.69, 9.17) is 14.2 Å². The van der Waals surface area contributed by atoms with Gasteiger partial charge in [-0.1, -0.05) is 12.1 Å². The van der Waals surface area contributed by atoms with Gasteiger partial charge in [0, 0.05) is 13.1 Å². The first-order valence-electron chi connectivity index (χ1n) is 6.71. The summed E-state index contributed by atoms with van der Waals surface area (Å²) in [5.41, 5.74) is 2.18. The molecule has 0 saturated carbocycles. The normalized spacial score (nSPS) is 12.4. The van der Waals surface area contributed by atoms with Crippen molar-refractivity contribution >= 4 is 0 Å². The number of methoxy groups -OCH3 is 1. The van der Waals surface area contributed by atoms with Gasteiger partial charge in [0.2, 0.25) is 12.5 Å². The van der Waals surface area contributed by atoms with Crippen LogP contribution in [0.15, 0.2) is 36.4 Å². The maximum Gasteiger partial charge on any atom is 0.231 e. The van der Waals surface area contributed by atoms with E-state index >= 15 is 0 Å². The number of ether oxygens (including phenoxy) is 3. The van der Waals surface area contributed by atoms with E-state index in [-0.39, 0.29) is 12.5 Å². The number of hydrogen-bond acceptors (Lipinski definition) is 5. The standard InChI is InChI=1S/C16H17NO4/c1-19-14-6-12(7-15-16(14)21-10-20-15)9-17-8-11-2-4-13(18)5-3-11/h2-7,17-18H,8-10H2,1H3. The third-order valence-electron chi connectivity index (χ3n) is 3.31. The van der Waals surface area contributed by atoms with Crippen LogP contribution in [0.5, 0.6) is 23.0 Å². The smallest absolute Gasteiger partial charge is 0.231 e. The molecule has 1 aliphatic rings. The first-order valence-corrected chi connectivity index (χ1v) is 6.71. The molecule has 0 amide bonds. The van der Waals surface area contributed by atoms with Gasteiger partial charge in [0.05, 0.1) is 7.11 Å². The van der Waals surface area contributed by atoms with Gasteiger partial charge in [-0.25, -0.2) is 0 Å². The third kappa shape index (κ3) is 3.03. The molecule has 0 saturated heterocycles. The molecule has 2 aromatic carbocycles. The van der Waals surface area contributed by atoms with Gasteiger partial charge < -0.3 is 24.6 Å². The van der Waals surface area contributed by atoms with E-state index in [1.54, 1.807) is 19.2 Å².